The first kappa shape index (κ1) is 11.9. The topological polar surface area (TPSA) is 55.6 Å². The van der Waals surface area contributed by atoms with Crippen LogP contribution in [0.2, 0.25) is 0 Å². The van der Waals surface area contributed by atoms with E-state index in [1.807, 2.05) is 6.07 Å². The molecule has 1 heterocycles. The lowest BCUT2D eigenvalue weighted by molar-refractivity contribution is 0.133. The van der Waals surface area contributed by atoms with Crippen LogP contribution in [-0.4, -0.2) is 30.6 Å². The van der Waals surface area contributed by atoms with Gasteiger partial charge in [-0.3, -0.25) is 0 Å². The predicted molar refractivity (Wildman–Crippen MR) is 65.8 cm³/mol. The van der Waals surface area contributed by atoms with Crippen LogP contribution in [0, 0.1) is 13.8 Å². The van der Waals surface area contributed by atoms with E-state index in [1.165, 1.54) is 11.1 Å². The zero-order valence-corrected chi connectivity index (χ0v) is 10.3. The van der Waals surface area contributed by atoms with Crippen LogP contribution in [0.5, 0.6) is 0 Å². The number of carbonyl (C=O) groups is 1. The standard InChI is InChI=1S/C13H18N2O2/c1-9-3-4-11(7-10(9)2)12-8-15(6-5-14)13(16)17-12/h3-4,7,12H,5-6,8,14H2,1-2H3. The molecule has 4 heteroatoms. The minimum Gasteiger partial charge on any atom is -0.439 e. The molecule has 1 aromatic carbocycles. The summed E-state index contributed by atoms with van der Waals surface area (Å²) in [5, 5.41) is 0. The van der Waals surface area contributed by atoms with Gasteiger partial charge in [0.05, 0.1) is 6.54 Å². The van der Waals surface area contributed by atoms with Gasteiger partial charge in [0.15, 0.2) is 0 Å². The first-order chi connectivity index (χ1) is 8.11. The summed E-state index contributed by atoms with van der Waals surface area (Å²) in [6, 6.07) is 6.16. The molecule has 0 saturated carbocycles. The smallest absolute Gasteiger partial charge is 0.410 e. The number of nitrogens with zero attached hydrogens (tertiary/aromatic N) is 1. The highest BCUT2D eigenvalue weighted by molar-refractivity contribution is 5.70. The summed E-state index contributed by atoms with van der Waals surface area (Å²) >= 11 is 0. The van der Waals surface area contributed by atoms with E-state index in [-0.39, 0.29) is 12.2 Å². The lowest BCUT2D eigenvalue weighted by atomic mass is 10.0. The number of hydrogen-bond acceptors (Lipinski definition) is 3. The average molecular weight is 234 g/mol. The van der Waals surface area contributed by atoms with Gasteiger partial charge in [0, 0.05) is 13.1 Å². The third kappa shape index (κ3) is 2.42. The van der Waals surface area contributed by atoms with Crippen LogP contribution in [0.15, 0.2) is 18.2 Å². The molecule has 1 atom stereocenters. The zero-order valence-electron chi connectivity index (χ0n) is 10.3. The van der Waals surface area contributed by atoms with E-state index >= 15 is 0 Å². The van der Waals surface area contributed by atoms with Crippen molar-refractivity contribution in [3.05, 3.63) is 34.9 Å². The van der Waals surface area contributed by atoms with Crippen molar-refractivity contribution >= 4 is 6.09 Å². The maximum atomic E-state index is 11.5. The van der Waals surface area contributed by atoms with Gasteiger partial charge < -0.3 is 15.4 Å². The van der Waals surface area contributed by atoms with E-state index in [0.717, 1.165) is 5.56 Å². The molecule has 0 radical (unpaired) electrons. The lowest BCUT2D eigenvalue weighted by Crippen LogP contribution is -2.30. The van der Waals surface area contributed by atoms with E-state index in [4.69, 9.17) is 10.5 Å². The van der Waals surface area contributed by atoms with Crippen LogP contribution in [0.25, 0.3) is 0 Å². The van der Waals surface area contributed by atoms with Gasteiger partial charge in [0.25, 0.3) is 0 Å². The quantitative estimate of drug-likeness (QED) is 0.867. The summed E-state index contributed by atoms with van der Waals surface area (Å²) in [4.78, 5) is 13.2. The largest absolute Gasteiger partial charge is 0.439 e. The summed E-state index contributed by atoms with van der Waals surface area (Å²) in [5.74, 6) is 0. The van der Waals surface area contributed by atoms with Gasteiger partial charge in [0.2, 0.25) is 0 Å². The van der Waals surface area contributed by atoms with Crippen LogP contribution < -0.4 is 5.73 Å². The minimum atomic E-state index is -0.265. The second-order valence-electron chi connectivity index (χ2n) is 4.45. The third-order valence-electron chi connectivity index (χ3n) is 3.19. The van der Waals surface area contributed by atoms with Gasteiger partial charge in [-0.25, -0.2) is 4.79 Å². The zero-order chi connectivity index (χ0) is 12.4. The molecule has 92 valence electrons. The second-order valence-corrected chi connectivity index (χ2v) is 4.45. The number of carbonyl (C=O) groups excluding carboxylic acids is 1. The second kappa shape index (κ2) is 4.75. The molecule has 1 fully saturated rings. The fraction of sp³-hybridized carbons (Fsp3) is 0.462. The van der Waals surface area contributed by atoms with Crippen molar-refractivity contribution in [1.82, 2.24) is 4.90 Å². The Morgan fingerprint density at radius 1 is 1.41 bits per heavy atom. The van der Waals surface area contributed by atoms with Crippen molar-refractivity contribution in [3.8, 4) is 0 Å². The molecule has 1 aromatic rings. The molecule has 1 unspecified atom stereocenters. The van der Waals surface area contributed by atoms with Gasteiger partial charge in [-0.15, -0.1) is 0 Å². The number of ether oxygens (including phenoxy) is 1. The maximum Gasteiger partial charge on any atom is 0.410 e. The highest BCUT2D eigenvalue weighted by Crippen LogP contribution is 2.27. The monoisotopic (exact) mass is 234 g/mol. The van der Waals surface area contributed by atoms with Crippen molar-refractivity contribution < 1.29 is 9.53 Å². The summed E-state index contributed by atoms with van der Waals surface area (Å²) in [6.07, 6.45) is -0.424. The Labute approximate surface area is 101 Å². The maximum absolute atomic E-state index is 11.5. The van der Waals surface area contributed by atoms with Crippen molar-refractivity contribution in [2.75, 3.05) is 19.6 Å². The molecule has 4 nitrogen and oxygen atoms in total. The Kier molecular flexibility index (Phi) is 3.33. The molecular weight excluding hydrogens is 216 g/mol. The molecule has 1 saturated heterocycles. The average Bonchev–Trinajstić information content (AvgIpc) is 2.65. The van der Waals surface area contributed by atoms with Crippen LogP contribution in [-0.2, 0) is 4.74 Å². The fourth-order valence-electron chi connectivity index (χ4n) is 1.98. The van der Waals surface area contributed by atoms with E-state index in [2.05, 4.69) is 26.0 Å². The number of cyclic esters (lactones) is 1. The Bertz CT molecular complexity index is 431. The van der Waals surface area contributed by atoms with Gasteiger partial charge >= 0.3 is 6.09 Å². The number of aryl methyl sites for hydroxylation is 2. The van der Waals surface area contributed by atoms with Gasteiger partial charge in [0.1, 0.15) is 6.10 Å². The highest BCUT2D eigenvalue weighted by atomic mass is 16.6. The summed E-state index contributed by atoms with van der Waals surface area (Å²) in [6.45, 7) is 5.75. The molecule has 0 aliphatic carbocycles. The number of hydrogen-bond donors (Lipinski definition) is 1. The molecule has 0 aromatic heterocycles. The number of amides is 1. The Hall–Kier alpha value is -1.55. The summed E-state index contributed by atoms with van der Waals surface area (Å²) in [7, 11) is 0. The van der Waals surface area contributed by atoms with Gasteiger partial charge in [-0.2, -0.15) is 0 Å². The third-order valence-corrected chi connectivity index (χ3v) is 3.19. The molecule has 2 N–H and O–H groups in total. The van der Waals surface area contributed by atoms with E-state index < -0.39 is 0 Å². The van der Waals surface area contributed by atoms with Crippen molar-refractivity contribution in [3.63, 3.8) is 0 Å². The summed E-state index contributed by atoms with van der Waals surface area (Å²) < 4.78 is 5.34. The molecule has 1 aliphatic heterocycles. The summed E-state index contributed by atoms with van der Waals surface area (Å²) in [5.41, 5.74) is 8.97. The Balaban J connectivity index is 2.14. The molecule has 17 heavy (non-hydrogen) atoms. The Morgan fingerprint density at radius 2 is 2.18 bits per heavy atom. The molecule has 0 spiro atoms. The van der Waals surface area contributed by atoms with E-state index in [0.29, 0.717) is 19.6 Å². The van der Waals surface area contributed by atoms with Crippen LogP contribution in [0.1, 0.15) is 22.8 Å². The molecule has 0 bridgehead atoms. The minimum absolute atomic E-state index is 0.159. The van der Waals surface area contributed by atoms with Crippen molar-refractivity contribution in [2.24, 2.45) is 5.73 Å². The first-order valence-electron chi connectivity index (χ1n) is 5.84. The fourth-order valence-corrected chi connectivity index (χ4v) is 1.98. The molecular formula is C13H18N2O2. The van der Waals surface area contributed by atoms with Crippen LogP contribution >= 0.6 is 0 Å². The van der Waals surface area contributed by atoms with Crippen LogP contribution in [0.3, 0.4) is 0 Å². The molecule has 1 amide bonds. The van der Waals surface area contributed by atoms with Crippen molar-refractivity contribution in [1.29, 1.82) is 0 Å². The SMILES string of the molecule is Cc1ccc(C2CN(CCN)C(=O)O2)cc1C. The molecule has 1 aliphatic rings. The Morgan fingerprint density at radius 3 is 2.82 bits per heavy atom. The lowest BCUT2D eigenvalue weighted by Gasteiger charge is -2.11. The number of benzene rings is 1. The molecule has 2 rings (SSSR count). The van der Waals surface area contributed by atoms with Gasteiger partial charge in [-0.1, -0.05) is 18.2 Å². The first-order valence-corrected chi connectivity index (χ1v) is 5.84. The highest BCUT2D eigenvalue weighted by Gasteiger charge is 2.31. The normalized spacial score (nSPS) is 19.6. The number of rotatable bonds is 3. The van der Waals surface area contributed by atoms with Crippen LogP contribution in [0.4, 0.5) is 4.79 Å². The van der Waals surface area contributed by atoms with Crippen molar-refractivity contribution in [2.45, 2.75) is 20.0 Å². The number of nitrogens with two attached hydrogens (primary N) is 1. The predicted octanol–water partition coefficient (Wildman–Crippen LogP) is 1.76. The van der Waals surface area contributed by atoms with E-state index in [9.17, 15) is 4.79 Å². The van der Waals surface area contributed by atoms with Gasteiger partial charge in [-0.05, 0) is 30.5 Å². The van der Waals surface area contributed by atoms with E-state index in [1.54, 1.807) is 4.90 Å².